The fourth-order valence-electron chi connectivity index (χ4n) is 11.7. The minimum absolute atomic E-state index is 0.731. The first-order valence-corrected chi connectivity index (χ1v) is 26.0. The SMILES string of the molecule is c1ccc(-n2c3ccccc3c3ccc4c(c32)[Si](c2ccccc2)(c2ccccc2)c2cccnc2N4c2cccc(C(c3ccccc3)(c3ccccc3)c3cccc(-c4ccccn4)c3)c2)cc1. The lowest BCUT2D eigenvalue weighted by Gasteiger charge is -2.45. The number of hydrogen-bond donors (Lipinski definition) is 0. The molecular weight excluding hydrogens is 865 g/mol. The highest BCUT2D eigenvalue weighted by Gasteiger charge is 2.51. The quantitative estimate of drug-likeness (QED) is 0.107. The highest BCUT2D eigenvalue weighted by molar-refractivity contribution is 7.22. The second-order valence-electron chi connectivity index (χ2n) is 18.1. The molecule has 0 amide bonds. The van der Waals surface area contributed by atoms with Gasteiger partial charge in [0.25, 0.3) is 0 Å². The molecule has 0 saturated carbocycles. The number of nitrogens with zero attached hydrogens (tertiary/aromatic N) is 4. The summed E-state index contributed by atoms with van der Waals surface area (Å²) >= 11 is 0. The van der Waals surface area contributed by atoms with Gasteiger partial charge in [-0.2, -0.15) is 0 Å². The molecule has 5 heteroatoms. The van der Waals surface area contributed by atoms with Crippen molar-refractivity contribution >= 4 is 67.8 Å². The van der Waals surface area contributed by atoms with Crippen LogP contribution in [0.2, 0.25) is 0 Å². The first-order chi connectivity index (χ1) is 34.8. The summed E-state index contributed by atoms with van der Waals surface area (Å²) in [6.07, 6.45) is 3.84. The maximum absolute atomic E-state index is 5.48. The van der Waals surface area contributed by atoms with Crippen molar-refractivity contribution in [3.05, 3.63) is 302 Å². The summed E-state index contributed by atoms with van der Waals surface area (Å²) in [5.74, 6) is 0.940. The Morgan fingerprint density at radius 1 is 0.386 bits per heavy atom. The van der Waals surface area contributed by atoms with E-state index in [1.807, 2.05) is 18.5 Å². The van der Waals surface area contributed by atoms with Gasteiger partial charge in [0.2, 0.25) is 0 Å². The molecule has 4 nitrogen and oxygen atoms in total. The minimum Gasteiger partial charge on any atom is -0.309 e. The fraction of sp³-hybridized carbons (Fsp3) is 0.0154. The minimum atomic E-state index is -3.22. The first-order valence-electron chi connectivity index (χ1n) is 24.0. The van der Waals surface area contributed by atoms with Gasteiger partial charge < -0.3 is 4.57 Å². The third-order valence-corrected chi connectivity index (χ3v) is 19.3. The molecule has 9 aromatic carbocycles. The smallest absolute Gasteiger partial charge is 0.188 e. The molecule has 13 rings (SSSR count). The zero-order valence-electron chi connectivity index (χ0n) is 38.3. The number of hydrogen-bond acceptors (Lipinski definition) is 3. The van der Waals surface area contributed by atoms with E-state index < -0.39 is 13.5 Å². The van der Waals surface area contributed by atoms with E-state index in [1.54, 1.807) is 0 Å². The van der Waals surface area contributed by atoms with E-state index >= 15 is 0 Å². The van der Waals surface area contributed by atoms with Gasteiger partial charge in [0.05, 0.1) is 27.8 Å². The van der Waals surface area contributed by atoms with Crippen LogP contribution in [-0.2, 0) is 5.41 Å². The van der Waals surface area contributed by atoms with Gasteiger partial charge in [-0.05, 0) is 98.5 Å². The molecule has 0 fully saturated rings. The van der Waals surface area contributed by atoms with E-state index in [-0.39, 0.29) is 0 Å². The number of aromatic nitrogens is 3. The Balaban J connectivity index is 1.16. The number of benzene rings is 9. The van der Waals surface area contributed by atoms with Crippen molar-refractivity contribution in [2.75, 3.05) is 4.90 Å². The standard InChI is InChI=1S/C65H46N4Si/c1-6-24-48(25-7-1)65(49-26-8-2-9-27-49,50-28-20-23-47(45-50)58-38-18-19-43-66-58)51-29-21-32-53(46-51)69-60-42-41-57-56-37-16-17-39-59(56)68(52-30-10-3-11-31-52)62(57)63(60)70(54-33-12-4-13-34-54,55-35-14-5-15-36-55)61-40-22-44-67-64(61)69/h1-46H. The number of rotatable bonds is 9. The van der Waals surface area contributed by atoms with Gasteiger partial charge in [-0.15, -0.1) is 0 Å². The molecule has 4 heterocycles. The van der Waals surface area contributed by atoms with Crippen LogP contribution in [0.3, 0.4) is 0 Å². The van der Waals surface area contributed by atoms with Crippen molar-refractivity contribution in [1.29, 1.82) is 0 Å². The Kier molecular flexibility index (Phi) is 10.0. The second kappa shape index (κ2) is 17.0. The molecule has 0 radical (unpaired) electrons. The van der Waals surface area contributed by atoms with Crippen LogP contribution in [0.1, 0.15) is 22.3 Å². The molecule has 0 atom stereocenters. The molecule has 12 aromatic rings. The molecule has 0 aliphatic carbocycles. The Bertz CT molecular complexity index is 3740. The van der Waals surface area contributed by atoms with E-state index in [4.69, 9.17) is 9.97 Å². The van der Waals surface area contributed by atoms with Crippen LogP contribution in [0.25, 0.3) is 38.8 Å². The van der Waals surface area contributed by atoms with Crippen molar-refractivity contribution in [3.63, 3.8) is 0 Å². The van der Waals surface area contributed by atoms with E-state index in [9.17, 15) is 0 Å². The lowest BCUT2D eigenvalue weighted by Crippen LogP contribution is -2.77. The normalized spacial score (nSPS) is 12.9. The molecular formula is C65H46N4Si. The summed E-state index contributed by atoms with van der Waals surface area (Å²) in [5, 5.41) is 7.63. The number of fused-ring (bicyclic) bond motifs is 6. The van der Waals surface area contributed by atoms with Crippen molar-refractivity contribution in [2.24, 2.45) is 0 Å². The monoisotopic (exact) mass is 910 g/mol. The van der Waals surface area contributed by atoms with E-state index in [0.29, 0.717) is 0 Å². The molecule has 330 valence electrons. The van der Waals surface area contributed by atoms with E-state index in [0.717, 1.165) is 45.3 Å². The zero-order chi connectivity index (χ0) is 46.5. The highest BCUT2D eigenvalue weighted by Crippen LogP contribution is 2.49. The summed E-state index contributed by atoms with van der Waals surface area (Å²) in [6.45, 7) is 0. The Morgan fingerprint density at radius 3 is 1.61 bits per heavy atom. The summed E-state index contributed by atoms with van der Waals surface area (Å²) in [5.41, 5.74) is 11.6. The van der Waals surface area contributed by atoms with Gasteiger partial charge in [0.15, 0.2) is 8.07 Å². The summed E-state index contributed by atoms with van der Waals surface area (Å²) < 4.78 is 2.53. The molecule has 0 spiro atoms. The summed E-state index contributed by atoms with van der Waals surface area (Å²) in [4.78, 5) is 12.8. The van der Waals surface area contributed by atoms with Crippen LogP contribution in [0, 0.1) is 0 Å². The second-order valence-corrected chi connectivity index (χ2v) is 21.8. The van der Waals surface area contributed by atoms with Crippen LogP contribution in [0.5, 0.6) is 0 Å². The molecule has 3 aromatic heterocycles. The van der Waals surface area contributed by atoms with Crippen LogP contribution in [0.15, 0.2) is 279 Å². The van der Waals surface area contributed by atoms with Gasteiger partial charge in [-0.1, -0.05) is 206 Å². The predicted molar refractivity (Wildman–Crippen MR) is 292 cm³/mol. The Labute approximate surface area is 409 Å². The lowest BCUT2D eigenvalue weighted by molar-refractivity contribution is 0.745. The van der Waals surface area contributed by atoms with E-state index in [2.05, 4.69) is 270 Å². The molecule has 1 aliphatic rings. The number of pyridine rings is 2. The molecule has 1 aliphatic heterocycles. The largest absolute Gasteiger partial charge is 0.309 e. The van der Waals surface area contributed by atoms with Crippen molar-refractivity contribution in [1.82, 2.24) is 14.5 Å². The Morgan fingerprint density at radius 2 is 0.943 bits per heavy atom. The third-order valence-electron chi connectivity index (χ3n) is 14.5. The van der Waals surface area contributed by atoms with Crippen molar-refractivity contribution in [2.45, 2.75) is 5.41 Å². The molecule has 0 saturated heterocycles. The fourth-order valence-corrected chi connectivity index (χ4v) is 16.9. The molecule has 0 bridgehead atoms. The summed E-state index contributed by atoms with van der Waals surface area (Å²) in [6, 6.07) is 97.9. The van der Waals surface area contributed by atoms with Gasteiger partial charge in [-0.3, -0.25) is 9.88 Å². The number of anilines is 3. The molecule has 0 unspecified atom stereocenters. The average Bonchev–Trinajstić information content (AvgIpc) is 3.79. The number of para-hydroxylation sites is 2. The van der Waals surface area contributed by atoms with Crippen LogP contribution in [-0.4, -0.2) is 22.6 Å². The highest BCUT2D eigenvalue weighted by atomic mass is 28.3. The molecule has 0 N–H and O–H groups in total. The topological polar surface area (TPSA) is 34.0 Å². The van der Waals surface area contributed by atoms with Crippen molar-refractivity contribution < 1.29 is 0 Å². The predicted octanol–water partition coefficient (Wildman–Crippen LogP) is 12.8. The summed E-state index contributed by atoms with van der Waals surface area (Å²) in [7, 11) is -3.22. The lowest BCUT2D eigenvalue weighted by atomic mass is 9.65. The van der Waals surface area contributed by atoms with Crippen LogP contribution < -0.4 is 25.6 Å². The maximum atomic E-state index is 5.48. The zero-order valence-corrected chi connectivity index (χ0v) is 39.3. The third kappa shape index (κ3) is 6.29. The van der Waals surface area contributed by atoms with Crippen molar-refractivity contribution in [3.8, 4) is 16.9 Å². The van der Waals surface area contributed by atoms with Gasteiger partial charge >= 0.3 is 0 Å². The van der Waals surface area contributed by atoms with Crippen LogP contribution in [0.4, 0.5) is 17.2 Å². The Hall–Kier alpha value is -8.90. The van der Waals surface area contributed by atoms with E-state index in [1.165, 1.54) is 53.7 Å². The van der Waals surface area contributed by atoms with Gasteiger partial charge in [0, 0.05) is 45.3 Å². The molecule has 70 heavy (non-hydrogen) atoms. The average molecular weight is 911 g/mol. The van der Waals surface area contributed by atoms with Gasteiger partial charge in [0.1, 0.15) is 5.82 Å². The maximum Gasteiger partial charge on any atom is 0.188 e. The van der Waals surface area contributed by atoms with Gasteiger partial charge in [-0.25, -0.2) is 4.98 Å². The first kappa shape index (κ1) is 41.3. The van der Waals surface area contributed by atoms with Crippen LogP contribution >= 0.6 is 0 Å².